The molecule has 0 unspecified atom stereocenters. The van der Waals surface area contributed by atoms with Gasteiger partial charge >= 0.3 is 0 Å². The van der Waals surface area contributed by atoms with Gasteiger partial charge in [-0.05, 0) is 17.7 Å². The Hall–Kier alpha value is -1.02. The van der Waals surface area contributed by atoms with Crippen molar-refractivity contribution in [3.63, 3.8) is 0 Å². The SMILES string of the molecule is CC(C)C(=O)Nc1ccc(CCl)cc1. The number of carbonyl (C=O) groups is 1. The standard InChI is InChI=1S/C11H14ClNO/c1-8(2)11(14)13-10-5-3-9(7-12)4-6-10/h3-6,8H,7H2,1-2H3,(H,13,14). The third-order valence-electron chi connectivity index (χ3n) is 1.90. The fourth-order valence-corrected chi connectivity index (χ4v) is 1.14. The Morgan fingerprint density at radius 1 is 1.36 bits per heavy atom. The van der Waals surface area contributed by atoms with E-state index in [-0.39, 0.29) is 11.8 Å². The minimum atomic E-state index is 0.00250. The molecule has 1 aromatic rings. The number of rotatable bonds is 3. The molecule has 0 saturated heterocycles. The predicted octanol–water partition coefficient (Wildman–Crippen LogP) is 3.02. The van der Waals surface area contributed by atoms with Crippen molar-refractivity contribution in [3.05, 3.63) is 29.8 Å². The number of amides is 1. The van der Waals surface area contributed by atoms with Gasteiger partial charge in [0.1, 0.15) is 0 Å². The number of nitrogens with one attached hydrogen (secondary N) is 1. The van der Waals surface area contributed by atoms with Crippen LogP contribution in [0, 0.1) is 5.92 Å². The van der Waals surface area contributed by atoms with Gasteiger partial charge < -0.3 is 5.32 Å². The van der Waals surface area contributed by atoms with Crippen LogP contribution in [0.5, 0.6) is 0 Å². The van der Waals surface area contributed by atoms with Gasteiger partial charge in [0, 0.05) is 17.5 Å². The van der Waals surface area contributed by atoms with Gasteiger partial charge in [-0.1, -0.05) is 26.0 Å². The normalized spacial score (nSPS) is 10.3. The van der Waals surface area contributed by atoms with Crippen molar-refractivity contribution in [3.8, 4) is 0 Å². The maximum absolute atomic E-state index is 11.3. The van der Waals surface area contributed by atoms with E-state index in [9.17, 15) is 4.79 Å². The molecule has 0 heterocycles. The Bertz CT molecular complexity index is 306. The summed E-state index contributed by atoms with van der Waals surface area (Å²) in [7, 11) is 0. The van der Waals surface area contributed by atoms with Crippen molar-refractivity contribution in [1.82, 2.24) is 0 Å². The van der Waals surface area contributed by atoms with Gasteiger partial charge in [0.2, 0.25) is 5.91 Å². The number of halogens is 1. The molecule has 76 valence electrons. The fourth-order valence-electron chi connectivity index (χ4n) is 0.964. The molecule has 3 heteroatoms. The second kappa shape index (κ2) is 5.01. The average Bonchev–Trinajstić information content (AvgIpc) is 2.19. The monoisotopic (exact) mass is 211 g/mol. The van der Waals surface area contributed by atoms with E-state index in [2.05, 4.69) is 5.32 Å². The summed E-state index contributed by atoms with van der Waals surface area (Å²) in [6.45, 7) is 3.73. The first kappa shape index (κ1) is 11.1. The molecular weight excluding hydrogens is 198 g/mol. The molecule has 0 aliphatic rings. The number of benzene rings is 1. The molecule has 0 aliphatic carbocycles. The quantitative estimate of drug-likeness (QED) is 0.766. The summed E-state index contributed by atoms with van der Waals surface area (Å²) < 4.78 is 0. The topological polar surface area (TPSA) is 29.1 Å². The van der Waals surface area contributed by atoms with E-state index in [0.29, 0.717) is 5.88 Å². The molecule has 0 atom stereocenters. The molecule has 0 radical (unpaired) electrons. The van der Waals surface area contributed by atoms with E-state index in [1.165, 1.54) is 0 Å². The van der Waals surface area contributed by atoms with Crippen LogP contribution in [0.2, 0.25) is 0 Å². The van der Waals surface area contributed by atoms with E-state index in [0.717, 1.165) is 11.3 Å². The second-order valence-electron chi connectivity index (χ2n) is 3.47. The highest BCUT2D eigenvalue weighted by atomic mass is 35.5. The Labute approximate surface area is 89.3 Å². The van der Waals surface area contributed by atoms with Crippen molar-refractivity contribution in [2.75, 3.05) is 5.32 Å². The minimum Gasteiger partial charge on any atom is -0.326 e. The van der Waals surface area contributed by atoms with Gasteiger partial charge in [0.15, 0.2) is 0 Å². The lowest BCUT2D eigenvalue weighted by atomic mass is 10.2. The number of alkyl halides is 1. The lowest BCUT2D eigenvalue weighted by molar-refractivity contribution is -0.118. The summed E-state index contributed by atoms with van der Waals surface area (Å²) in [5.74, 6) is 0.532. The molecule has 1 amide bonds. The molecule has 0 bridgehead atoms. The van der Waals surface area contributed by atoms with Crippen molar-refractivity contribution in [1.29, 1.82) is 0 Å². The van der Waals surface area contributed by atoms with Gasteiger partial charge in [-0.25, -0.2) is 0 Å². The van der Waals surface area contributed by atoms with Crippen LogP contribution in [-0.2, 0) is 10.7 Å². The van der Waals surface area contributed by atoms with Crippen LogP contribution < -0.4 is 5.32 Å². The molecule has 1 aromatic carbocycles. The van der Waals surface area contributed by atoms with Crippen LogP contribution in [0.3, 0.4) is 0 Å². The van der Waals surface area contributed by atoms with Crippen LogP contribution in [0.1, 0.15) is 19.4 Å². The predicted molar refractivity (Wildman–Crippen MR) is 59.5 cm³/mol. The Balaban J connectivity index is 2.64. The molecule has 0 aliphatic heterocycles. The second-order valence-corrected chi connectivity index (χ2v) is 3.74. The minimum absolute atomic E-state index is 0.00250. The molecular formula is C11H14ClNO. The first-order valence-corrected chi connectivity index (χ1v) is 5.12. The summed E-state index contributed by atoms with van der Waals surface area (Å²) in [6, 6.07) is 7.53. The maximum Gasteiger partial charge on any atom is 0.226 e. The lowest BCUT2D eigenvalue weighted by Crippen LogP contribution is -2.17. The van der Waals surface area contributed by atoms with E-state index in [1.54, 1.807) is 0 Å². The largest absolute Gasteiger partial charge is 0.326 e. The zero-order valence-corrected chi connectivity index (χ0v) is 9.14. The third-order valence-corrected chi connectivity index (χ3v) is 2.21. The summed E-state index contributed by atoms with van der Waals surface area (Å²) in [5, 5.41) is 2.81. The van der Waals surface area contributed by atoms with Crippen LogP contribution >= 0.6 is 11.6 Å². The van der Waals surface area contributed by atoms with Crippen LogP contribution in [0.25, 0.3) is 0 Å². The molecule has 1 N–H and O–H groups in total. The van der Waals surface area contributed by atoms with Crippen LogP contribution in [0.15, 0.2) is 24.3 Å². The van der Waals surface area contributed by atoms with Gasteiger partial charge in [0.05, 0.1) is 0 Å². The number of carbonyl (C=O) groups excluding carboxylic acids is 1. The van der Waals surface area contributed by atoms with E-state index >= 15 is 0 Å². The molecule has 1 rings (SSSR count). The van der Waals surface area contributed by atoms with Crippen molar-refractivity contribution < 1.29 is 4.79 Å². The molecule has 0 fully saturated rings. The van der Waals surface area contributed by atoms with Gasteiger partial charge in [-0.3, -0.25) is 4.79 Å². The molecule has 0 spiro atoms. The van der Waals surface area contributed by atoms with Crippen molar-refractivity contribution >= 4 is 23.2 Å². The zero-order chi connectivity index (χ0) is 10.6. The first-order valence-electron chi connectivity index (χ1n) is 4.59. The Morgan fingerprint density at radius 2 is 1.93 bits per heavy atom. The number of anilines is 1. The Kier molecular flexibility index (Phi) is 3.96. The van der Waals surface area contributed by atoms with Crippen LogP contribution in [-0.4, -0.2) is 5.91 Å². The van der Waals surface area contributed by atoms with E-state index in [1.807, 2.05) is 38.1 Å². The highest BCUT2D eigenvalue weighted by Crippen LogP contribution is 2.12. The summed E-state index contributed by atoms with van der Waals surface area (Å²) in [6.07, 6.45) is 0. The molecule has 0 aromatic heterocycles. The van der Waals surface area contributed by atoms with Gasteiger partial charge in [-0.15, -0.1) is 11.6 Å². The smallest absolute Gasteiger partial charge is 0.226 e. The number of hydrogen-bond donors (Lipinski definition) is 1. The van der Waals surface area contributed by atoms with Crippen molar-refractivity contribution in [2.45, 2.75) is 19.7 Å². The van der Waals surface area contributed by atoms with Gasteiger partial charge in [0.25, 0.3) is 0 Å². The molecule has 14 heavy (non-hydrogen) atoms. The lowest BCUT2D eigenvalue weighted by Gasteiger charge is -2.07. The van der Waals surface area contributed by atoms with Crippen LogP contribution in [0.4, 0.5) is 5.69 Å². The first-order chi connectivity index (χ1) is 6.63. The van der Waals surface area contributed by atoms with E-state index in [4.69, 9.17) is 11.6 Å². The van der Waals surface area contributed by atoms with Gasteiger partial charge in [-0.2, -0.15) is 0 Å². The zero-order valence-electron chi connectivity index (χ0n) is 8.38. The van der Waals surface area contributed by atoms with E-state index < -0.39 is 0 Å². The number of hydrogen-bond acceptors (Lipinski definition) is 1. The maximum atomic E-state index is 11.3. The summed E-state index contributed by atoms with van der Waals surface area (Å²) >= 11 is 5.65. The average molecular weight is 212 g/mol. The third kappa shape index (κ3) is 3.04. The van der Waals surface area contributed by atoms with Crippen molar-refractivity contribution in [2.24, 2.45) is 5.92 Å². The Morgan fingerprint density at radius 3 is 2.36 bits per heavy atom. The fraction of sp³-hybridized carbons (Fsp3) is 0.364. The highest BCUT2D eigenvalue weighted by molar-refractivity contribution is 6.17. The summed E-state index contributed by atoms with van der Waals surface area (Å²) in [4.78, 5) is 11.3. The highest BCUT2D eigenvalue weighted by Gasteiger charge is 2.06. The molecule has 2 nitrogen and oxygen atoms in total. The molecule has 0 saturated carbocycles. The summed E-state index contributed by atoms with van der Waals surface area (Å²) in [5.41, 5.74) is 1.87.